The van der Waals surface area contributed by atoms with Crippen molar-refractivity contribution in [2.75, 3.05) is 24.7 Å². The van der Waals surface area contributed by atoms with Gasteiger partial charge in [-0.3, -0.25) is 4.79 Å². The molecule has 0 saturated heterocycles. The molecule has 2 aromatic heterocycles. The fourth-order valence-corrected chi connectivity index (χ4v) is 2.97. The Labute approximate surface area is 171 Å². The molecule has 3 rings (SSSR count). The first-order chi connectivity index (χ1) is 13.9. The number of carbonyl (C=O) groups excluding carboxylic acids is 2. The van der Waals surface area contributed by atoms with E-state index in [-0.39, 0.29) is 30.0 Å². The number of hydrogen-bond donors (Lipinski definition) is 2. The Morgan fingerprint density at radius 2 is 1.97 bits per heavy atom. The van der Waals surface area contributed by atoms with Crippen LogP contribution in [0.1, 0.15) is 24.2 Å². The second-order valence-corrected chi connectivity index (χ2v) is 7.60. The molecule has 0 spiro atoms. The molecule has 0 atom stereocenters. The number of aromatic amines is 1. The molecule has 152 valence electrons. The molecule has 1 aromatic carbocycles. The molecular weight excluding hydrogens is 394 g/mol. The second kappa shape index (κ2) is 9.37. The van der Waals surface area contributed by atoms with E-state index in [1.165, 1.54) is 18.1 Å². The lowest BCUT2D eigenvalue weighted by Gasteiger charge is -2.08. The standard InChI is InChI=1S/C19H21N5O4S/c1-11(2)7-28-18(26)12-3-5-14(6-4-12)27-8-13(25)9-29-19-23-15-16(20)21-10-22-17(15)24-19/h3-6,10-11H,7-9H2,1-2H3,(H3,20,21,22,23,24). The summed E-state index contributed by atoms with van der Waals surface area (Å²) in [6.07, 6.45) is 1.33. The Bertz CT molecular complexity index is 1000. The lowest BCUT2D eigenvalue weighted by molar-refractivity contribution is -0.118. The number of nitrogen functional groups attached to an aromatic ring is 1. The molecule has 0 aliphatic carbocycles. The fourth-order valence-electron chi connectivity index (χ4n) is 2.26. The van der Waals surface area contributed by atoms with E-state index in [9.17, 15) is 9.59 Å². The predicted octanol–water partition coefficient (Wildman–Crippen LogP) is 2.49. The molecule has 0 unspecified atom stereocenters. The summed E-state index contributed by atoms with van der Waals surface area (Å²) in [4.78, 5) is 39.1. The highest BCUT2D eigenvalue weighted by molar-refractivity contribution is 7.99. The van der Waals surface area contributed by atoms with Crippen LogP contribution < -0.4 is 10.5 Å². The minimum absolute atomic E-state index is 0.0910. The Balaban J connectivity index is 1.46. The number of nitrogens with zero attached hydrogens (tertiary/aromatic N) is 3. The van der Waals surface area contributed by atoms with Gasteiger partial charge in [-0.05, 0) is 30.2 Å². The number of esters is 1. The zero-order valence-electron chi connectivity index (χ0n) is 16.0. The molecule has 29 heavy (non-hydrogen) atoms. The summed E-state index contributed by atoms with van der Waals surface area (Å²) in [5.74, 6) is 0.752. The highest BCUT2D eigenvalue weighted by Crippen LogP contribution is 2.20. The van der Waals surface area contributed by atoms with E-state index in [0.717, 1.165) is 0 Å². The van der Waals surface area contributed by atoms with Gasteiger partial charge in [0.05, 0.1) is 17.9 Å². The number of fused-ring (bicyclic) bond motifs is 1. The molecular formula is C19H21N5O4S. The average Bonchev–Trinajstić information content (AvgIpc) is 3.14. The summed E-state index contributed by atoms with van der Waals surface area (Å²) in [6, 6.07) is 6.48. The molecule has 3 aromatic rings. The van der Waals surface area contributed by atoms with Crippen molar-refractivity contribution >= 4 is 40.5 Å². The van der Waals surface area contributed by atoms with Crippen LogP contribution in [0.25, 0.3) is 11.2 Å². The van der Waals surface area contributed by atoms with Crippen molar-refractivity contribution in [3.05, 3.63) is 36.2 Å². The maximum Gasteiger partial charge on any atom is 0.338 e. The number of Topliss-reactive ketones (excluding diaryl/α,β-unsaturated/α-hetero) is 1. The van der Waals surface area contributed by atoms with Crippen LogP contribution >= 0.6 is 11.8 Å². The minimum Gasteiger partial charge on any atom is -0.486 e. The molecule has 0 fully saturated rings. The number of benzene rings is 1. The van der Waals surface area contributed by atoms with Crippen molar-refractivity contribution in [1.29, 1.82) is 0 Å². The van der Waals surface area contributed by atoms with Crippen molar-refractivity contribution < 1.29 is 19.1 Å². The lowest BCUT2D eigenvalue weighted by atomic mass is 10.2. The summed E-state index contributed by atoms with van der Waals surface area (Å²) in [5.41, 5.74) is 7.19. The Hall–Kier alpha value is -3.14. The van der Waals surface area contributed by atoms with Gasteiger partial charge in [-0.25, -0.2) is 19.7 Å². The predicted molar refractivity (Wildman–Crippen MR) is 109 cm³/mol. The average molecular weight is 415 g/mol. The number of rotatable bonds is 9. The molecule has 10 heteroatoms. The number of carbonyl (C=O) groups is 2. The van der Waals surface area contributed by atoms with Gasteiger partial charge < -0.3 is 20.2 Å². The highest BCUT2D eigenvalue weighted by Gasteiger charge is 2.12. The topological polar surface area (TPSA) is 133 Å². The minimum atomic E-state index is -0.381. The molecule has 9 nitrogen and oxygen atoms in total. The first-order valence-corrected chi connectivity index (χ1v) is 9.91. The van der Waals surface area contributed by atoms with Crippen molar-refractivity contribution in [3.63, 3.8) is 0 Å². The summed E-state index contributed by atoms with van der Waals surface area (Å²) in [5, 5.41) is 0.532. The Kier molecular flexibility index (Phi) is 6.65. The van der Waals surface area contributed by atoms with Gasteiger partial charge >= 0.3 is 5.97 Å². The molecule has 3 N–H and O–H groups in total. The van der Waals surface area contributed by atoms with Crippen LogP contribution in [-0.4, -0.2) is 50.7 Å². The van der Waals surface area contributed by atoms with E-state index in [4.69, 9.17) is 15.2 Å². The van der Waals surface area contributed by atoms with Gasteiger partial charge in [-0.2, -0.15) is 0 Å². The number of hydrogen-bond acceptors (Lipinski definition) is 9. The van der Waals surface area contributed by atoms with Crippen LogP contribution in [0.15, 0.2) is 35.7 Å². The van der Waals surface area contributed by atoms with Gasteiger partial charge in [-0.15, -0.1) is 0 Å². The first kappa shape index (κ1) is 20.6. The van der Waals surface area contributed by atoms with Gasteiger partial charge in [-0.1, -0.05) is 25.6 Å². The first-order valence-electron chi connectivity index (χ1n) is 8.93. The van der Waals surface area contributed by atoms with Crippen LogP contribution in [-0.2, 0) is 9.53 Å². The van der Waals surface area contributed by atoms with E-state index >= 15 is 0 Å². The van der Waals surface area contributed by atoms with Gasteiger partial charge in [0.15, 0.2) is 22.4 Å². The second-order valence-electron chi connectivity index (χ2n) is 6.63. The Morgan fingerprint density at radius 1 is 1.21 bits per heavy atom. The van der Waals surface area contributed by atoms with Crippen LogP contribution in [0.3, 0.4) is 0 Å². The summed E-state index contributed by atoms with van der Waals surface area (Å²) in [7, 11) is 0. The number of H-pyrrole nitrogens is 1. The van der Waals surface area contributed by atoms with Crippen molar-refractivity contribution in [1.82, 2.24) is 19.9 Å². The number of thioether (sulfide) groups is 1. The lowest BCUT2D eigenvalue weighted by Crippen LogP contribution is -2.14. The van der Waals surface area contributed by atoms with Gasteiger partial charge in [0.1, 0.15) is 24.2 Å². The molecule has 2 heterocycles. The quantitative estimate of drug-likeness (QED) is 0.399. The van der Waals surface area contributed by atoms with Crippen molar-refractivity contribution in [3.8, 4) is 5.75 Å². The number of ketones is 1. The van der Waals surface area contributed by atoms with Crippen molar-refractivity contribution in [2.24, 2.45) is 5.92 Å². The molecule has 0 bridgehead atoms. The summed E-state index contributed by atoms with van der Waals surface area (Å²) >= 11 is 1.23. The largest absolute Gasteiger partial charge is 0.486 e. The zero-order chi connectivity index (χ0) is 20.8. The molecule has 0 aliphatic heterocycles. The number of nitrogens with one attached hydrogen (secondary N) is 1. The molecule has 0 radical (unpaired) electrons. The fraction of sp³-hybridized carbons (Fsp3) is 0.316. The van der Waals surface area contributed by atoms with E-state index in [1.54, 1.807) is 24.3 Å². The molecule has 0 amide bonds. The SMILES string of the molecule is CC(C)COC(=O)c1ccc(OCC(=O)CSc2nc3ncnc(N)c3[nH]2)cc1. The van der Waals surface area contributed by atoms with Gasteiger partial charge in [0.2, 0.25) is 0 Å². The molecule has 0 aliphatic rings. The summed E-state index contributed by atoms with van der Waals surface area (Å²) < 4.78 is 10.6. The van der Waals surface area contributed by atoms with E-state index in [1.807, 2.05) is 13.8 Å². The normalized spacial score (nSPS) is 11.0. The number of nitrogens with two attached hydrogens (primary N) is 1. The number of anilines is 1. The maximum absolute atomic E-state index is 12.1. The number of aromatic nitrogens is 4. The van der Waals surface area contributed by atoms with E-state index < -0.39 is 0 Å². The van der Waals surface area contributed by atoms with Crippen LogP contribution in [0, 0.1) is 5.92 Å². The molecule has 0 saturated carbocycles. The maximum atomic E-state index is 12.1. The summed E-state index contributed by atoms with van der Waals surface area (Å²) in [6.45, 7) is 4.22. The zero-order valence-corrected chi connectivity index (χ0v) is 16.9. The third-order valence-electron chi connectivity index (χ3n) is 3.70. The van der Waals surface area contributed by atoms with Crippen LogP contribution in [0.2, 0.25) is 0 Å². The van der Waals surface area contributed by atoms with Crippen molar-refractivity contribution in [2.45, 2.75) is 19.0 Å². The smallest absolute Gasteiger partial charge is 0.338 e. The third-order valence-corrected chi connectivity index (χ3v) is 4.64. The van der Waals surface area contributed by atoms with Gasteiger partial charge in [0.25, 0.3) is 0 Å². The number of ether oxygens (including phenoxy) is 2. The Morgan fingerprint density at radius 3 is 2.66 bits per heavy atom. The van der Waals surface area contributed by atoms with Crippen LogP contribution in [0.5, 0.6) is 5.75 Å². The van der Waals surface area contributed by atoms with Gasteiger partial charge in [0, 0.05) is 0 Å². The monoisotopic (exact) mass is 415 g/mol. The van der Waals surface area contributed by atoms with Crippen LogP contribution in [0.4, 0.5) is 5.82 Å². The van der Waals surface area contributed by atoms with E-state index in [2.05, 4.69) is 19.9 Å². The number of imidazole rings is 1. The van der Waals surface area contributed by atoms with E-state index in [0.29, 0.717) is 40.1 Å². The highest BCUT2D eigenvalue weighted by atomic mass is 32.2. The third kappa shape index (κ3) is 5.67.